The second kappa shape index (κ2) is 5.53. The number of hydrogen-bond donors (Lipinski definition) is 0. The molecule has 0 spiro atoms. The van der Waals surface area contributed by atoms with Gasteiger partial charge in [-0.3, -0.25) is 0 Å². The molecule has 0 aliphatic carbocycles. The number of nitrogens with zero attached hydrogens (tertiary/aromatic N) is 2. The van der Waals surface area contributed by atoms with E-state index in [1.54, 1.807) is 18.3 Å². The molecule has 1 aromatic heterocycles. The summed E-state index contributed by atoms with van der Waals surface area (Å²) in [5.41, 5.74) is 2.32. The molecule has 5 heteroatoms. The Morgan fingerprint density at radius 1 is 0.880 bits per heavy atom. The van der Waals surface area contributed by atoms with Crippen LogP contribution in [0.25, 0.3) is 10.9 Å². The topological polar surface area (TPSA) is 50.3 Å². The van der Waals surface area contributed by atoms with Gasteiger partial charge in [-0.1, -0.05) is 0 Å². The average Bonchev–Trinajstić information content (AvgIpc) is 2.85. The molecule has 0 atom stereocenters. The number of imide groups is 1. The fourth-order valence-electron chi connectivity index (χ4n) is 3.40. The van der Waals surface area contributed by atoms with Gasteiger partial charge < -0.3 is 0 Å². The Labute approximate surface area is 148 Å². The van der Waals surface area contributed by atoms with Gasteiger partial charge in [-0.05, 0) is 0 Å². The summed E-state index contributed by atoms with van der Waals surface area (Å²) in [6.45, 7) is 0. The Morgan fingerprint density at radius 2 is 1.60 bits per heavy atom. The van der Waals surface area contributed by atoms with E-state index in [0.717, 1.165) is 9.78 Å². The minimum absolute atomic E-state index is 0.227. The number of anilines is 1. The monoisotopic (exact) mass is 392 g/mol. The van der Waals surface area contributed by atoms with Crippen molar-refractivity contribution >= 4 is 46.1 Å². The van der Waals surface area contributed by atoms with Crippen LogP contribution in [0.2, 0.25) is 17.3 Å². The van der Waals surface area contributed by atoms with E-state index >= 15 is 0 Å². The van der Waals surface area contributed by atoms with Gasteiger partial charge in [-0.2, -0.15) is 0 Å². The van der Waals surface area contributed by atoms with Gasteiger partial charge in [0.15, 0.2) is 0 Å². The van der Waals surface area contributed by atoms with E-state index < -0.39 is 13.3 Å². The van der Waals surface area contributed by atoms with E-state index in [1.807, 2.05) is 36.4 Å². The van der Waals surface area contributed by atoms with Crippen molar-refractivity contribution in [1.29, 1.82) is 0 Å². The number of carbonyl (C=O) groups excluding carboxylic acids is 2. The number of amides is 2. The molecule has 4 rings (SSSR count). The maximum absolute atomic E-state index is 13.2. The van der Waals surface area contributed by atoms with Crippen LogP contribution < -0.4 is 9.30 Å². The van der Waals surface area contributed by atoms with Crippen LogP contribution in [0.15, 0.2) is 54.7 Å². The molecular weight excluding hydrogens is 373 g/mol. The number of carbonyl (C=O) groups is 2. The number of aromatic nitrogens is 1. The summed E-state index contributed by atoms with van der Waals surface area (Å²) in [6, 6.07) is 15.0. The number of rotatable bonds is 2. The van der Waals surface area contributed by atoms with Gasteiger partial charge in [0.05, 0.1) is 0 Å². The summed E-state index contributed by atoms with van der Waals surface area (Å²) in [5.74, 6) is 6.21. The van der Waals surface area contributed by atoms with Gasteiger partial charge in [-0.15, -0.1) is 0 Å². The molecule has 0 N–H and O–H groups in total. The van der Waals surface area contributed by atoms with E-state index in [0.29, 0.717) is 22.3 Å². The molecule has 0 fully saturated rings. The Morgan fingerprint density at radius 3 is 2.36 bits per heavy atom. The van der Waals surface area contributed by atoms with E-state index in [2.05, 4.69) is 22.3 Å². The molecule has 0 radical (unpaired) electrons. The van der Waals surface area contributed by atoms with Crippen LogP contribution in [-0.2, 0) is 0 Å². The Balaban J connectivity index is 1.94. The molecule has 2 amide bonds. The van der Waals surface area contributed by atoms with Crippen molar-refractivity contribution in [1.82, 2.24) is 4.98 Å². The number of para-hydroxylation sites is 1. The van der Waals surface area contributed by atoms with Crippen LogP contribution in [0, 0.1) is 0 Å². The first kappa shape index (κ1) is 16.0. The molecule has 0 saturated carbocycles. The van der Waals surface area contributed by atoms with Crippen molar-refractivity contribution in [3.8, 4) is 0 Å². The molecule has 0 saturated heterocycles. The van der Waals surface area contributed by atoms with E-state index in [9.17, 15) is 9.59 Å². The van der Waals surface area contributed by atoms with E-state index in [4.69, 9.17) is 0 Å². The minimum atomic E-state index is -2.30. The fourth-order valence-corrected chi connectivity index (χ4v) is 6.73. The molecule has 2 aromatic carbocycles. The molecular formula is C20H18GeN2O2. The third kappa shape index (κ3) is 2.40. The number of hydrogen-bond acceptors (Lipinski definition) is 3. The van der Waals surface area contributed by atoms with Crippen molar-refractivity contribution in [2.45, 2.75) is 17.3 Å². The third-order valence-corrected chi connectivity index (χ3v) is 8.84. The van der Waals surface area contributed by atoms with Crippen molar-refractivity contribution in [2.24, 2.45) is 0 Å². The summed E-state index contributed by atoms with van der Waals surface area (Å²) in [7, 11) is 0. The molecule has 3 aromatic rings. The molecule has 1 aliphatic heterocycles. The predicted octanol–water partition coefficient (Wildman–Crippen LogP) is 3.58. The van der Waals surface area contributed by atoms with Crippen LogP contribution in [-0.4, -0.2) is 30.1 Å². The van der Waals surface area contributed by atoms with Crippen LogP contribution in [0.3, 0.4) is 0 Å². The summed E-state index contributed by atoms with van der Waals surface area (Å²) in [5, 5.41) is 0.908. The molecule has 4 nitrogen and oxygen atoms in total. The van der Waals surface area contributed by atoms with Crippen LogP contribution in [0.4, 0.5) is 5.69 Å². The number of benzene rings is 2. The summed E-state index contributed by atoms with van der Waals surface area (Å²) >= 11 is -2.30. The Kier molecular flexibility index (Phi) is 3.54. The van der Waals surface area contributed by atoms with Crippen molar-refractivity contribution in [3.05, 3.63) is 65.9 Å². The van der Waals surface area contributed by atoms with E-state index in [-0.39, 0.29) is 11.8 Å². The predicted molar refractivity (Wildman–Crippen MR) is 102 cm³/mol. The first-order chi connectivity index (χ1) is 11.9. The normalized spacial score (nSPS) is 14.3. The zero-order valence-electron chi connectivity index (χ0n) is 14.4. The van der Waals surface area contributed by atoms with Crippen LogP contribution in [0.1, 0.15) is 20.7 Å². The SMILES string of the molecule is [CH3][Ge]([CH3])([CH3])[c]1cccc2c1C(=O)N(c1cccc3cccnc13)C2=O. The summed E-state index contributed by atoms with van der Waals surface area (Å²) in [6.07, 6.45) is 1.68. The van der Waals surface area contributed by atoms with Gasteiger partial charge in [0.25, 0.3) is 0 Å². The van der Waals surface area contributed by atoms with Gasteiger partial charge in [0.1, 0.15) is 0 Å². The fraction of sp³-hybridized carbons (Fsp3) is 0.150. The van der Waals surface area contributed by atoms with Gasteiger partial charge >= 0.3 is 149 Å². The average molecular weight is 391 g/mol. The molecule has 0 bridgehead atoms. The maximum atomic E-state index is 13.2. The Hall–Kier alpha value is -2.47. The van der Waals surface area contributed by atoms with Gasteiger partial charge in [0, 0.05) is 0 Å². The first-order valence-electron chi connectivity index (χ1n) is 8.25. The van der Waals surface area contributed by atoms with Crippen molar-refractivity contribution in [3.63, 3.8) is 0 Å². The van der Waals surface area contributed by atoms with Gasteiger partial charge in [-0.25, -0.2) is 0 Å². The molecule has 124 valence electrons. The van der Waals surface area contributed by atoms with Crippen LogP contribution in [0.5, 0.6) is 0 Å². The summed E-state index contributed by atoms with van der Waals surface area (Å²) in [4.78, 5) is 31.9. The molecule has 25 heavy (non-hydrogen) atoms. The number of pyridine rings is 1. The number of fused-ring (bicyclic) bond motifs is 2. The zero-order valence-corrected chi connectivity index (χ0v) is 16.5. The third-order valence-electron chi connectivity index (χ3n) is 4.58. The van der Waals surface area contributed by atoms with Crippen LogP contribution >= 0.6 is 0 Å². The quantitative estimate of drug-likeness (QED) is 0.496. The second-order valence-electron chi connectivity index (χ2n) is 7.28. The zero-order chi connectivity index (χ0) is 17.8. The molecule has 2 heterocycles. The summed E-state index contributed by atoms with van der Waals surface area (Å²) < 4.78 is 1.08. The Bertz CT molecular complexity index is 1030. The first-order valence-corrected chi connectivity index (χ1v) is 15.6. The van der Waals surface area contributed by atoms with Gasteiger partial charge in [0.2, 0.25) is 0 Å². The standard InChI is InChI=1S/C20H18GeN2O2/c1-21(2,3)15-10-5-9-14-17(15)20(25)23(19(14)24)16-11-4-7-13-8-6-12-22-18(13)16/h4-12H,1-3H3. The second-order valence-corrected chi connectivity index (χ2v) is 17.8. The molecule has 0 unspecified atom stereocenters. The van der Waals surface area contributed by atoms with E-state index in [1.165, 1.54) is 4.90 Å². The molecule has 1 aliphatic rings. The van der Waals surface area contributed by atoms with Crippen molar-refractivity contribution < 1.29 is 9.59 Å². The van der Waals surface area contributed by atoms with Crippen molar-refractivity contribution in [2.75, 3.05) is 4.90 Å².